The molecule has 1 amide bonds. The minimum absolute atomic E-state index is 0.0751. The van der Waals surface area contributed by atoms with E-state index in [4.69, 9.17) is 10.7 Å². The van der Waals surface area contributed by atoms with Crippen molar-refractivity contribution in [3.8, 4) is 11.4 Å². The highest BCUT2D eigenvalue weighted by molar-refractivity contribution is 6.06. The Kier molecular flexibility index (Phi) is 4.60. The molecule has 1 aliphatic heterocycles. The number of aromatic nitrogens is 5. The number of nitrogens with zero attached hydrogens (tertiary/aromatic N) is 4. The highest BCUT2D eigenvalue weighted by Gasteiger charge is 2.29. The number of carbonyl (C=O) groups excluding carboxylic acids is 1. The van der Waals surface area contributed by atoms with E-state index in [9.17, 15) is 4.79 Å². The van der Waals surface area contributed by atoms with Gasteiger partial charge >= 0.3 is 0 Å². The van der Waals surface area contributed by atoms with E-state index < -0.39 is 0 Å². The van der Waals surface area contributed by atoms with Crippen molar-refractivity contribution in [2.24, 2.45) is 0 Å². The third-order valence-electron chi connectivity index (χ3n) is 7.36. The van der Waals surface area contributed by atoms with Gasteiger partial charge in [0.2, 0.25) is 0 Å². The number of aromatic amines is 2. The van der Waals surface area contributed by atoms with Crippen LogP contribution in [-0.2, 0) is 0 Å². The molecule has 0 radical (unpaired) electrons. The molecule has 8 nitrogen and oxygen atoms in total. The molecule has 36 heavy (non-hydrogen) atoms. The average Bonchev–Trinajstić information content (AvgIpc) is 3.63. The first-order valence-corrected chi connectivity index (χ1v) is 12.2. The van der Waals surface area contributed by atoms with Crippen molar-refractivity contribution in [3.05, 3.63) is 84.6 Å². The van der Waals surface area contributed by atoms with E-state index in [1.54, 1.807) is 6.20 Å². The van der Waals surface area contributed by atoms with Crippen molar-refractivity contribution >= 4 is 39.0 Å². The number of benzene rings is 2. The second kappa shape index (κ2) is 7.98. The molecule has 0 aliphatic carbocycles. The molecule has 6 aromatic rings. The van der Waals surface area contributed by atoms with Gasteiger partial charge in [-0.05, 0) is 31.0 Å². The summed E-state index contributed by atoms with van der Waals surface area (Å²) >= 11 is 0. The summed E-state index contributed by atoms with van der Waals surface area (Å²) in [5, 5.41) is 2.09. The quantitative estimate of drug-likeness (QED) is 0.336. The molecule has 7 rings (SSSR count). The van der Waals surface area contributed by atoms with E-state index in [0.717, 1.165) is 62.9 Å². The Morgan fingerprint density at radius 3 is 2.64 bits per heavy atom. The Morgan fingerprint density at radius 2 is 1.81 bits per heavy atom. The van der Waals surface area contributed by atoms with Crippen LogP contribution in [0.3, 0.4) is 0 Å². The lowest BCUT2D eigenvalue weighted by molar-refractivity contribution is 0.0713. The SMILES string of the molecule is Nc1nccn2c(C3CCN(C(=O)c4c[nH]c5ccccc45)CC3)nc(-c3cc4ccccc4[nH]3)c12. The molecule has 5 heterocycles. The van der Waals surface area contributed by atoms with E-state index in [-0.39, 0.29) is 11.8 Å². The van der Waals surface area contributed by atoms with Crippen molar-refractivity contribution in [3.63, 3.8) is 0 Å². The maximum absolute atomic E-state index is 13.3. The molecule has 0 atom stereocenters. The fraction of sp³-hybridized carbons (Fsp3) is 0.179. The van der Waals surface area contributed by atoms with Gasteiger partial charge in [-0.1, -0.05) is 36.4 Å². The summed E-state index contributed by atoms with van der Waals surface area (Å²) in [5.74, 6) is 1.71. The van der Waals surface area contributed by atoms with Gasteiger partial charge in [0.15, 0.2) is 0 Å². The van der Waals surface area contributed by atoms with Crippen molar-refractivity contribution in [1.29, 1.82) is 0 Å². The van der Waals surface area contributed by atoms with Gasteiger partial charge < -0.3 is 20.6 Å². The van der Waals surface area contributed by atoms with Crippen LogP contribution >= 0.6 is 0 Å². The highest BCUT2D eigenvalue weighted by atomic mass is 16.2. The number of rotatable bonds is 3. The minimum Gasteiger partial charge on any atom is -0.382 e. The molecule has 0 saturated carbocycles. The monoisotopic (exact) mass is 475 g/mol. The van der Waals surface area contributed by atoms with Crippen LogP contribution in [0.1, 0.15) is 34.9 Å². The summed E-state index contributed by atoms with van der Waals surface area (Å²) in [6, 6.07) is 18.2. The fourth-order valence-electron chi connectivity index (χ4n) is 5.52. The number of para-hydroxylation sites is 2. The van der Waals surface area contributed by atoms with Crippen LogP contribution in [0.4, 0.5) is 5.82 Å². The number of hydrogen-bond acceptors (Lipinski definition) is 4. The third-order valence-corrected chi connectivity index (χ3v) is 7.36. The number of H-pyrrole nitrogens is 2. The molecule has 1 saturated heterocycles. The standard InChI is InChI=1S/C28H25N7O/c29-26-25-24(23-15-18-5-1-3-7-21(18)32-23)33-27(35(25)14-11-30-26)17-9-12-34(13-10-17)28(36)20-16-31-22-8-4-2-6-19(20)22/h1-8,11,14-17,31-32H,9-10,12-13H2,(H2,29,30). The van der Waals surface area contributed by atoms with Crippen LogP contribution in [0, 0.1) is 0 Å². The summed E-state index contributed by atoms with van der Waals surface area (Å²) < 4.78 is 2.07. The zero-order chi connectivity index (χ0) is 24.2. The summed E-state index contributed by atoms with van der Waals surface area (Å²) in [5.41, 5.74) is 11.7. The molecule has 8 heteroatoms. The number of piperidine rings is 1. The Hall–Kier alpha value is -4.59. The van der Waals surface area contributed by atoms with Gasteiger partial charge in [0, 0.05) is 59.4 Å². The largest absolute Gasteiger partial charge is 0.382 e. The molecule has 1 fully saturated rings. The Morgan fingerprint density at radius 1 is 1.03 bits per heavy atom. The van der Waals surface area contributed by atoms with E-state index in [1.165, 1.54) is 0 Å². The molecular formula is C28H25N7O. The van der Waals surface area contributed by atoms with Gasteiger partial charge in [-0.25, -0.2) is 9.97 Å². The number of carbonyl (C=O) groups is 1. The Bertz CT molecular complexity index is 1720. The number of amides is 1. The number of anilines is 1. The molecule has 4 aromatic heterocycles. The van der Waals surface area contributed by atoms with Crippen LogP contribution in [0.2, 0.25) is 0 Å². The molecule has 0 spiro atoms. The molecule has 4 N–H and O–H groups in total. The summed E-state index contributed by atoms with van der Waals surface area (Å²) in [6.07, 6.45) is 7.15. The lowest BCUT2D eigenvalue weighted by Crippen LogP contribution is -2.38. The molecule has 1 aliphatic rings. The van der Waals surface area contributed by atoms with E-state index in [0.29, 0.717) is 18.9 Å². The number of nitrogen functional groups attached to an aromatic ring is 1. The lowest BCUT2D eigenvalue weighted by Gasteiger charge is -2.31. The number of fused-ring (bicyclic) bond motifs is 3. The minimum atomic E-state index is 0.0751. The number of hydrogen-bond donors (Lipinski definition) is 3. The second-order valence-electron chi connectivity index (χ2n) is 9.43. The third kappa shape index (κ3) is 3.18. The number of imidazole rings is 1. The average molecular weight is 476 g/mol. The number of nitrogens with one attached hydrogen (secondary N) is 2. The van der Waals surface area contributed by atoms with Crippen LogP contribution in [0.25, 0.3) is 38.7 Å². The van der Waals surface area contributed by atoms with E-state index in [2.05, 4.69) is 37.6 Å². The highest BCUT2D eigenvalue weighted by Crippen LogP contribution is 2.35. The predicted octanol–water partition coefficient (Wildman–Crippen LogP) is 4.96. The van der Waals surface area contributed by atoms with Crippen molar-refractivity contribution in [2.45, 2.75) is 18.8 Å². The van der Waals surface area contributed by atoms with Crippen LogP contribution in [0.15, 0.2) is 73.2 Å². The fourth-order valence-corrected chi connectivity index (χ4v) is 5.52. The van der Waals surface area contributed by atoms with Gasteiger partial charge in [0.25, 0.3) is 5.91 Å². The van der Waals surface area contributed by atoms with E-state index >= 15 is 0 Å². The van der Waals surface area contributed by atoms with Gasteiger partial charge in [0.05, 0.1) is 11.3 Å². The maximum atomic E-state index is 13.3. The molecule has 0 unspecified atom stereocenters. The molecule has 0 bridgehead atoms. The smallest absolute Gasteiger partial charge is 0.256 e. The van der Waals surface area contributed by atoms with Crippen molar-refractivity contribution < 1.29 is 4.79 Å². The zero-order valence-electron chi connectivity index (χ0n) is 19.6. The number of likely N-dealkylation sites (tertiary alicyclic amines) is 1. The van der Waals surface area contributed by atoms with Gasteiger partial charge in [-0.15, -0.1) is 0 Å². The second-order valence-corrected chi connectivity index (χ2v) is 9.43. The van der Waals surface area contributed by atoms with Gasteiger partial charge in [0.1, 0.15) is 22.9 Å². The summed E-state index contributed by atoms with van der Waals surface area (Å²) in [6.45, 7) is 1.36. The van der Waals surface area contributed by atoms with Gasteiger partial charge in [-0.3, -0.25) is 9.20 Å². The molecule has 2 aromatic carbocycles. The van der Waals surface area contributed by atoms with Crippen LogP contribution in [-0.4, -0.2) is 48.2 Å². The molecular weight excluding hydrogens is 450 g/mol. The summed E-state index contributed by atoms with van der Waals surface area (Å²) in [7, 11) is 0. The first-order valence-electron chi connectivity index (χ1n) is 12.2. The Balaban J connectivity index is 1.20. The first-order chi connectivity index (χ1) is 17.7. The zero-order valence-corrected chi connectivity index (χ0v) is 19.6. The van der Waals surface area contributed by atoms with Gasteiger partial charge in [-0.2, -0.15) is 0 Å². The van der Waals surface area contributed by atoms with Crippen LogP contribution < -0.4 is 5.73 Å². The van der Waals surface area contributed by atoms with Crippen molar-refractivity contribution in [1.82, 2.24) is 29.2 Å². The first kappa shape index (κ1) is 20.8. The Labute approximate surface area is 206 Å². The summed E-state index contributed by atoms with van der Waals surface area (Å²) in [4.78, 5) is 31.4. The van der Waals surface area contributed by atoms with E-state index in [1.807, 2.05) is 53.7 Å². The lowest BCUT2D eigenvalue weighted by atomic mass is 9.95. The molecule has 178 valence electrons. The predicted molar refractivity (Wildman–Crippen MR) is 141 cm³/mol. The van der Waals surface area contributed by atoms with Crippen LogP contribution in [0.5, 0.6) is 0 Å². The maximum Gasteiger partial charge on any atom is 0.256 e. The van der Waals surface area contributed by atoms with Crippen molar-refractivity contribution in [2.75, 3.05) is 18.8 Å². The normalized spacial score (nSPS) is 14.8. The topological polar surface area (TPSA) is 108 Å². The number of nitrogens with two attached hydrogens (primary N) is 1.